The zero-order valence-corrected chi connectivity index (χ0v) is 11.1. The lowest BCUT2D eigenvalue weighted by Gasteiger charge is -2.24. The first-order valence-corrected chi connectivity index (χ1v) is 6.69. The first kappa shape index (κ1) is 12.9. The minimum Gasteiger partial charge on any atom is -0.392 e. The van der Waals surface area contributed by atoms with Crippen LogP contribution in [-0.4, -0.2) is 11.2 Å². The zero-order valence-electron chi connectivity index (χ0n) is 9.57. The van der Waals surface area contributed by atoms with E-state index in [0.29, 0.717) is 22.4 Å². The molecule has 0 heterocycles. The molecule has 0 radical (unpaired) electrons. The summed E-state index contributed by atoms with van der Waals surface area (Å²) in [5.41, 5.74) is 0.932. The lowest BCUT2D eigenvalue weighted by atomic mass is 9.86. The highest BCUT2D eigenvalue weighted by molar-refractivity contribution is 6.33. The Labute approximate surface area is 112 Å². The van der Waals surface area contributed by atoms with Gasteiger partial charge in [-0.1, -0.05) is 35.4 Å². The Morgan fingerprint density at radius 1 is 1.29 bits per heavy atom. The van der Waals surface area contributed by atoms with Gasteiger partial charge in [-0.2, -0.15) is 0 Å². The minimum absolute atomic E-state index is 0.337. The molecule has 0 amide bonds. The van der Waals surface area contributed by atoms with Crippen LogP contribution < -0.4 is 0 Å². The Balaban J connectivity index is 2.04. The molecule has 0 fully saturated rings. The predicted octanol–water partition coefficient (Wildman–Crippen LogP) is 4.25. The zero-order chi connectivity index (χ0) is 12.3. The molecule has 0 spiro atoms. The fourth-order valence-electron chi connectivity index (χ4n) is 2.26. The van der Waals surface area contributed by atoms with Gasteiger partial charge in [0.2, 0.25) is 0 Å². The van der Waals surface area contributed by atoms with Gasteiger partial charge in [0.15, 0.2) is 0 Å². The number of aliphatic hydroxyl groups excluding tert-OH is 1. The van der Waals surface area contributed by atoms with E-state index in [-0.39, 0.29) is 6.10 Å². The average molecular weight is 271 g/mol. The van der Waals surface area contributed by atoms with Gasteiger partial charge in [0.1, 0.15) is 0 Å². The molecular formula is C14H16Cl2O. The quantitative estimate of drug-likeness (QED) is 0.815. The molecule has 0 saturated heterocycles. The van der Waals surface area contributed by atoms with E-state index in [9.17, 15) is 5.11 Å². The Morgan fingerprint density at radius 3 is 2.82 bits per heavy atom. The molecule has 3 heteroatoms. The van der Waals surface area contributed by atoms with Gasteiger partial charge in [0.05, 0.1) is 6.10 Å². The van der Waals surface area contributed by atoms with E-state index < -0.39 is 0 Å². The highest BCUT2D eigenvalue weighted by Crippen LogP contribution is 2.27. The van der Waals surface area contributed by atoms with Gasteiger partial charge in [-0.3, -0.25) is 0 Å². The first-order valence-electron chi connectivity index (χ1n) is 5.94. The van der Waals surface area contributed by atoms with E-state index in [1.165, 1.54) is 0 Å². The van der Waals surface area contributed by atoms with Crippen LogP contribution in [0.2, 0.25) is 10.0 Å². The Morgan fingerprint density at radius 2 is 2.12 bits per heavy atom. The summed E-state index contributed by atoms with van der Waals surface area (Å²) in [7, 11) is 0. The van der Waals surface area contributed by atoms with Crippen LogP contribution in [0.3, 0.4) is 0 Å². The molecular weight excluding hydrogens is 255 g/mol. The molecule has 0 saturated carbocycles. The van der Waals surface area contributed by atoms with Crippen LogP contribution >= 0.6 is 23.2 Å². The van der Waals surface area contributed by atoms with Crippen LogP contribution in [-0.2, 0) is 6.42 Å². The lowest BCUT2D eigenvalue weighted by Crippen LogP contribution is -2.23. The molecule has 1 aliphatic rings. The predicted molar refractivity (Wildman–Crippen MR) is 72.7 cm³/mol. The van der Waals surface area contributed by atoms with Crippen molar-refractivity contribution >= 4 is 23.2 Å². The van der Waals surface area contributed by atoms with Crippen molar-refractivity contribution in [2.75, 3.05) is 0 Å². The molecule has 2 rings (SSSR count). The lowest BCUT2D eigenvalue weighted by molar-refractivity contribution is 0.102. The molecule has 0 aliphatic heterocycles. The number of allylic oxidation sites excluding steroid dienone is 2. The highest BCUT2D eigenvalue weighted by atomic mass is 35.5. The summed E-state index contributed by atoms with van der Waals surface area (Å²) in [5.74, 6) is 0.343. The van der Waals surface area contributed by atoms with E-state index in [0.717, 1.165) is 24.8 Å². The maximum atomic E-state index is 10.2. The number of hydrogen-bond acceptors (Lipinski definition) is 1. The van der Waals surface area contributed by atoms with Crippen molar-refractivity contribution < 1.29 is 5.11 Å². The van der Waals surface area contributed by atoms with E-state index in [2.05, 4.69) is 12.2 Å². The summed E-state index contributed by atoms with van der Waals surface area (Å²) >= 11 is 12.0. The molecule has 1 aliphatic carbocycles. The van der Waals surface area contributed by atoms with Crippen molar-refractivity contribution in [2.45, 2.75) is 31.8 Å². The van der Waals surface area contributed by atoms with Crippen molar-refractivity contribution in [3.8, 4) is 0 Å². The summed E-state index contributed by atoms with van der Waals surface area (Å²) in [6.07, 6.45) is 7.64. The normalized spacial score (nSPS) is 21.5. The van der Waals surface area contributed by atoms with Crippen molar-refractivity contribution in [1.29, 1.82) is 0 Å². The number of rotatable bonds is 3. The van der Waals surface area contributed by atoms with Gasteiger partial charge in [0, 0.05) is 16.5 Å². The molecule has 2 unspecified atom stereocenters. The number of aliphatic hydroxyl groups is 1. The fourth-order valence-corrected chi connectivity index (χ4v) is 2.65. The van der Waals surface area contributed by atoms with Crippen molar-refractivity contribution in [3.63, 3.8) is 0 Å². The second-order valence-electron chi connectivity index (χ2n) is 4.55. The minimum atomic E-state index is -0.337. The summed E-state index contributed by atoms with van der Waals surface area (Å²) in [4.78, 5) is 0. The van der Waals surface area contributed by atoms with Gasteiger partial charge in [-0.05, 0) is 48.9 Å². The van der Waals surface area contributed by atoms with E-state index in [1.54, 1.807) is 12.1 Å². The maximum Gasteiger partial charge on any atom is 0.0612 e. The summed E-state index contributed by atoms with van der Waals surface area (Å²) in [6, 6.07) is 5.39. The largest absolute Gasteiger partial charge is 0.392 e. The number of halogens is 2. The van der Waals surface area contributed by atoms with E-state index in [1.807, 2.05) is 6.07 Å². The van der Waals surface area contributed by atoms with Gasteiger partial charge >= 0.3 is 0 Å². The van der Waals surface area contributed by atoms with E-state index >= 15 is 0 Å². The van der Waals surface area contributed by atoms with Crippen LogP contribution in [0.4, 0.5) is 0 Å². The maximum absolute atomic E-state index is 10.2. The van der Waals surface area contributed by atoms with Crippen molar-refractivity contribution in [2.24, 2.45) is 5.92 Å². The molecule has 17 heavy (non-hydrogen) atoms. The molecule has 1 nitrogen and oxygen atoms in total. The second kappa shape index (κ2) is 5.90. The third-order valence-corrected chi connectivity index (χ3v) is 3.89. The molecule has 92 valence electrons. The number of benzene rings is 1. The Bertz CT molecular complexity index is 415. The van der Waals surface area contributed by atoms with Gasteiger partial charge in [0.25, 0.3) is 0 Å². The fraction of sp³-hybridized carbons (Fsp3) is 0.429. The van der Waals surface area contributed by atoms with Crippen LogP contribution in [0.1, 0.15) is 24.8 Å². The molecule has 1 aromatic rings. The standard InChI is InChI=1S/C14H16Cl2O/c15-12-6-7-13(16)11(8-12)9-14(17)10-4-2-1-3-5-10/h1-2,6-8,10,14,17H,3-5,9H2. The number of hydrogen-bond donors (Lipinski definition) is 1. The summed E-state index contributed by atoms with van der Waals surface area (Å²) in [5, 5.41) is 11.6. The molecule has 1 N–H and O–H groups in total. The van der Waals surface area contributed by atoms with Crippen LogP contribution in [0.15, 0.2) is 30.4 Å². The van der Waals surface area contributed by atoms with Gasteiger partial charge in [-0.15, -0.1) is 0 Å². The Kier molecular flexibility index (Phi) is 4.49. The Hall–Kier alpha value is -0.500. The summed E-state index contributed by atoms with van der Waals surface area (Å²) < 4.78 is 0. The third kappa shape index (κ3) is 3.48. The second-order valence-corrected chi connectivity index (χ2v) is 5.40. The highest BCUT2D eigenvalue weighted by Gasteiger charge is 2.20. The molecule has 0 bridgehead atoms. The summed E-state index contributed by atoms with van der Waals surface area (Å²) in [6.45, 7) is 0. The van der Waals surface area contributed by atoms with Crippen molar-refractivity contribution in [1.82, 2.24) is 0 Å². The van der Waals surface area contributed by atoms with Crippen LogP contribution in [0.5, 0.6) is 0 Å². The van der Waals surface area contributed by atoms with Crippen LogP contribution in [0.25, 0.3) is 0 Å². The third-order valence-electron chi connectivity index (χ3n) is 3.29. The molecule has 2 atom stereocenters. The van der Waals surface area contributed by atoms with Crippen molar-refractivity contribution in [3.05, 3.63) is 46.0 Å². The van der Waals surface area contributed by atoms with Gasteiger partial charge in [-0.25, -0.2) is 0 Å². The SMILES string of the molecule is OC(Cc1cc(Cl)ccc1Cl)C1CC=CCC1. The monoisotopic (exact) mass is 270 g/mol. The average Bonchev–Trinajstić information content (AvgIpc) is 2.35. The topological polar surface area (TPSA) is 20.2 Å². The molecule has 1 aromatic carbocycles. The smallest absolute Gasteiger partial charge is 0.0612 e. The van der Waals surface area contributed by atoms with E-state index in [4.69, 9.17) is 23.2 Å². The molecule has 0 aromatic heterocycles. The van der Waals surface area contributed by atoms with Gasteiger partial charge < -0.3 is 5.11 Å². The first-order chi connectivity index (χ1) is 8.16. The van der Waals surface area contributed by atoms with Crippen LogP contribution in [0, 0.1) is 5.92 Å².